The van der Waals surface area contributed by atoms with E-state index in [1.807, 2.05) is 32.0 Å². The second-order valence-electron chi connectivity index (χ2n) is 7.53. The lowest BCUT2D eigenvalue weighted by atomic mass is 10.1. The van der Waals surface area contributed by atoms with Crippen molar-refractivity contribution in [2.75, 3.05) is 17.2 Å². The minimum absolute atomic E-state index is 0.0934. The zero-order valence-corrected chi connectivity index (χ0v) is 20.3. The molecule has 0 radical (unpaired) electrons. The molecule has 3 aromatic rings. The topological polar surface area (TPSA) is 91.2 Å². The molecule has 178 valence electrons. The molecule has 2 N–H and O–H groups in total. The maximum atomic E-state index is 13.0. The summed E-state index contributed by atoms with van der Waals surface area (Å²) in [4.78, 5) is 24.7. The highest BCUT2D eigenvalue weighted by Crippen LogP contribution is 2.35. The molecule has 0 aliphatic rings. The predicted molar refractivity (Wildman–Crippen MR) is 135 cm³/mol. The van der Waals surface area contributed by atoms with Gasteiger partial charge >= 0.3 is 0 Å². The SMILES string of the molecule is Cc1cccc(NC(=O)COc2c(Cl)cc(/C=C(\C#N)C(=O)Nc3ccc(F)cc3)cc2Cl)c1C. The molecule has 0 unspecified atom stereocenters. The first-order chi connectivity index (χ1) is 16.7. The molecule has 9 heteroatoms. The summed E-state index contributed by atoms with van der Waals surface area (Å²) >= 11 is 12.6. The van der Waals surface area contributed by atoms with E-state index in [-0.39, 0.29) is 33.9 Å². The van der Waals surface area contributed by atoms with Gasteiger partial charge in [-0.3, -0.25) is 9.59 Å². The van der Waals surface area contributed by atoms with Gasteiger partial charge in [0, 0.05) is 11.4 Å². The minimum atomic E-state index is -0.685. The number of carbonyl (C=O) groups is 2. The molecular formula is C26H20Cl2FN3O3. The van der Waals surface area contributed by atoms with Gasteiger partial charge in [0.2, 0.25) is 0 Å². The fraction of sp³-hybridized carbons (Fsp3) is 0.115. The van der Waals surface area contributed by atoms with Crippen molar-refractivity contribution in [3.63, 3.8) is 0 Å². The number of nitriles is 1. The number of anilines is 2. The van der Waals surface area contributed by atoms with E-state index < -0.39 is 11.7 Å². The van der Waals surface area contributed by atoms with Gasteiger partial charge in [0.05, 0.1) is 10.0 Å². The standard InChI is InChI=1S/C26H20Cl2FN3O3/c1-15-4-3-5-23(16(15)2)32-24(33)14-35-25-21(27)11-17(12-22(25)28)10-18(13-30)26(34)31-20-8-6-19(29)7-9-20/h3-12H,14H2,1-2H3,(H,31,34)(H,32,33)/b18-10+. The molecule has 0 spiro atoms. The average Bonchev–Trinajstić information content (AvgIpc) is 2.81. The smallest absolute Gasteiger partial charge is 0.266 e. The van der Waals surface area contributed by atoms with Crippen LogP contribution in [0.15, 0.2) is 60.2 Å². The van der Waals surface area contributed by atoms with Crippen LogP contribution >= 0.6 is 23.2 Å². The fourth-order valence-corrected chi connectivity index (χ4v) is 3.67. The number of hydrogen-bond donors (Lipinski definition) is 2. The number of amides is 2. The summed E-state index contributed by atoms with van der Waals surface area (Å²) in [5.74, 6) is -1.43. The molecule has 0 saturated carbocycles. The first kappa shape index (κ1) is 25.8. The maximum absolute atomic E-state index is 13.0. The summed E-state index contributed by atoms with van der Waals surface area (Å²) < 4.78 is 18.6. The van der Waals surface area contributed by atoms with Crippen molar-refractivity contribution < 1.29 is 18.7 Å². The normalized spacial score (nSPS) is 10.9. The van der Waals surface area contributed by atoms with Gasteiger partial charge in [0.15, 0.2) is 12.4 Å². The van der Waals surface area contributed by atoms with Crippen LogP contribution in [0, 0.1) is 31.0 Å². The number of rotatable bonds is 7. The van der Waals surface area contributed by atoms with Gasteiger partial charge in [-0.15, -0.1) is 0 Å². The zero-order chi connectivity index (χ0) is 25.5. The second kappa shape index (κ2) is 11.5. The molecule has 0 aromatic heterocycles. The van der Waals surface area contributed by atoms with Crippen LogP contribution in [0.1, 0.15) is 16.7 Å². The quantitative estimate of drug-likeness (QED) is 0.287. The summed E-state index contributed by atoms with van der Waals surface area (Å²) in [6, 6.07) is 15.4. The number of aryl methyl sites for hydroxylation is 1. The molecule has 35 heavy (non-hydrogen) atoms. The second-order valence-corrected chi connectivity index (χ2v) is 8.34. The van der Waals surface area contributed by atoms with Crippen molar-refractivity contribution >= 4 is 52.5 Å². The molecule has 2 amide bonds. The first-order valence-corrected chi connectivity index (χ1v) is 11.1. The number of nitrogens with one attached hydrogen (secondary N) is 2. The Bertz CT molecular complexity index is 1330. The minimum Gasteiger partial charge on any atom is -0.481 e. The number of ether oxygens (including phenoxy) is 1. The van der Waals surface area contributed by atoms with Crippen molar-refractivity contribution in [3.05, 3.63) is 92.7 Å². The van der Waals surface area contributed by atoms with Gasteiger partial charge < -0.3 is 15.4 Å². The van der Waals surface area contributed by atoms with Crippen LogP contribution in [-0.4, -0.2) is 18.4 Å². The van der Waals surface area contributed by atoms with Gasteiger partial charge in [0.25, 0.3) is 11.8 Å². The molecule has 6 nitrogen and oxygen atoms in total. The van der Waals surface area contributed by atoms with Crippen LogP contribution in [-0.2, 0) is 9.59 Å². The van der Waals surface area contributed by atoms with Crippen molar-refractivity contribution in [3.8, 4) is 11.8 Å². The number of benzene rings is 3. The van der Waals surface area contributed by atoms with Crippen LogP contribution in [0.5, 0.6) is 5.75 Å². The Morgan fingerprint density at radius 2 is 1.71 bits per heavy atom. The van der Waals surface area contributed by atoms with Gasteiger partial charge in [-0.1, -0.05) is 35.3 Å². The van der Waals surface area contributed by atoms with Crippen molar-refractivity contribution in [1.29, 1.82) is 5.26 Å². The van der Waals surface area contributed by atoms with E-state index >= 15 is 0 Å². The summed E-state index contributed by atoms with van der Waals surface area (Å²) in [7, 11) is 0. The first-order valence-electron chi connectivity index (χ1n) is 10.3. The molecular weight excluding hydrogens is 492 g/mol. The van der Waals surface area contributed by atoms with Crippen molar-refractivity contribution in [1.82, 2.24) is 0 Å². The number of hydrogen-bond acceptors (Lipinski definition) is 4. The molecule has 0 heterocycles. The molecule has 0 aliphatic heterocycles. The van der Waals surface area contributed by atoms with E-state index in [4.69, 9.17) is 27.9 Å². The Labute approximate surface area is 211 Å². The van der Waals surface area contributed by atoms with Crippen molar-refractivity contribution in [2.45, 2.75) is 13.8 Å². The highest BCUT2D eigenvalue weighted by atomic mass is 35.5. The van der Waals surface area contributed by atoms with Gasteiger partial charge in [-0.2, -0.15) is 5.26 Å². The van der Waals surface area contributed by atoms with E-state index in [0.29, 0.717) is 16.9 Å². The van der Waals surface area contributed by atoms with Crippen LogP contribution < -0.4 is 15.4 Å². The Morgan fingerprint density at radius 3 is 2.34 bits per heavy atom. The third-order valence-corrected chi connectivity index (χ3v) is 5.59. The van der Waals surface area contributed by atoms with Crippen molar-refractivity contribution in [2.24, 2.45) is 0 Å². The predicted octanol–water partition coefficient (Wildman–Crippen LogP) is 6.31. The molecule has 0 aliphatic carbocycles. The average molecular weight is 512 g/mol. The van der Waals surface area contributed by atoms with Gasteiger partial charge in [-0.05, 0) is 79.1 Å². The monoisotopic (exact) mass is 511 g/mol. The highest BCUT2D eigenvalue weighted by Gasteiger charge is 2.15. The van der Waals surface area contributed by atoms with Crippen LogP contribution in [0.25, 0.3) is 6.08 Å². The zero-order valence-electron chi connectivity index (χ0n) is 18.8. The van der Waals surface area contributed by atoms with Crippen LogP contribution in [0.4, 0.5) is 15.8 Å². The summed E-state index contributed by atoms with van der Waals surface area (Å²) in [6.45, 7) is 3.52. The molecule has 3 aromatic carbocycles. The van der Waals surface area contributed by atoms with E-state index in [2.05, 4.69) is 10.6 Å². The largest absolute Gasteiger partial charge is 0.481 e. The summed E-state index contributed by atoms with van der Waals surface area (Å²) in [5, 5.41) is 14.9. The molecule has 0 bridgehead atoms. The lowest BCUT2D eigenvalue weighted by molar-refractivity contribution is -0.118. The molecule has 0 saturated heterocycles. The maximum Gasteiger partial charge on any atom is 0.266 e. The Kier molecular flexibility index (Phi) is 8.48. The summed E-state index contributed by atoms with van der Waals surface area (Å²) in [5.41, 5.74) is 3.16. The van der Waals surface area contributed by atoms with E-state index in [1.54, 1.807) is 6.07 Å². The highest BCUT2D eigenvalue weighted by molar-refractivity contribution is 6.37. The number of nitrogens with zero attached hydrogens (tertiary/aromatic N) is 1. The molecule has 0 atom stereocenters. The van der Waals surface area contributed by atoms with E-state index in [0.717, 1.165) is 11.1 Å². The Balaban J connectivity index is 1.70. The third kappa shape index (κ3) is 6.82. The van der Waals surface area contributed by atoms with Crippen LogP contribution in [0.2, 0.25) is 10.0 Å². The van der Waals surface area contributed by atoms with Gasteiger partial charge in [-0.25, -0.2) is 4.39 Å². The van der Waals surface area contributed by atoms with Gasteiger partial charge in [0.1, 0.15) is 17.5 Å². The number of halogens is 3. The molecule has 3 rings (SSSR count). The number of carbonyl (C=O) groups excluding carboxylic acids is 2. The fourth-order valence-electron chi connectivity index (χ4n) is 3.06. The van der Waals surface area contributed by atoms with E-state index in [1.165, 1.54) is 42.5 Å². The Hall–Kier alpha value is -3.86. The lowest BCUT2D eigenvalue weighted by Gasteiger charge is -2.13. The third-order valence-electron chi connectivity index (χ3n) is 5.03. The summed E-state index contributed by atoms with van der Waals surface area (Å²) in [6.07, 6.45) is 1.30. The lowest BCUT2D eigenvalue weighted by Crippen LogP contribution is -2.21. The van der Waals surface area contributed by atoms with Crippen LogP contribution in [0.3, 0.4) is 0 Å². The Morgan fingerprint density at radius 1 is 1.06 bits per heavy atom. The molecule has 0 fully saturated rings. The van der Waals surface area contributed by atoms with E-state index in [9.17, 15) is 19.2 Å².